The molecule has 0 aliphatic heterocycles. The first kappa shape index (κ1) is 20.4. The van der Waals surface area contributed by atoms with Gasteiger partial charge in [0.05, 0.1) is 28.4 Å². The zero-order chi connectivity index (χ0) is 21.3. The average Bonchev–Trinajstić information content (AvgIpc) is 3.11. The molecule has 0 saturated heterocycles. The number of rotatable bonds is 4. The third-order valence-corrected chi connectivity index (χ3v) is 6.57. The first-order valence-electron chi connectivity index (χ1n) is 8.95. The Labute approximate surface area is 187 Å². The molecule has 30 heavy (non-hydrogen) atoms. The lowest BCUT2D eigenvalue weighted by atomic mass is 10.0. The summed E-state index contributed by atoms with van der Waals surface area (Å²) in [7, 11) is 1.29. The van der Waals surface area contributed by atoms with E-state index in [0.29, 0.717) is 21.2 Å². The van der Waals surface area contributed by atoms with Gasteiger partial charge >= 0.3 is 5.97 Å². The van der Waals surface area contributed by atoms with E-state index in [1.165, 1.54) is 18.4 Å². The molecule has 4 rings (SSSR count). The first-order valence-corrected chi connectivity index (χ1v) is 10.5. The Morgan fingerprint density at radius 2 is 1.67 bits per heavy atom. The molecule has 0 aliphatic carbocycles. The molecule has 3 aromatic carbocycles. The lowest BCUT2D eigenvalue weighted by molar-refractivity contribution is 0.0601. The molecule has 150 valence electrons. The average molecular weight is 456 g/mol. The molecular weight excluding hydrogens is 441 g/mol. The number of nitrogens with one attached hydrogen (secondary N) is 1. The lowest BCUT2D eigenvalue weighted by Gasteiger charge is -2.14. The number of halogens is 2. The minimum atomic E-state index is -0.553. The number of esters is 1. The molecule has 0 radical (unpaired) electrons. The Morgan fingerprint density at radius 1 is 0.967 bits per heavy atom. The van der Waals surface area contributed by atoms with Crippen LogP contribution in [0.5, 0.6) is 0 Å². The predicted molar refractivity (Wildman–Crippen MR) is 123 cm³/mol. The van der Waals surface area contributed by atoms with Gasteiger partial charge in [-0.15, -0.1) is 11.3 Å². The zero-order valence-electron chi connectivity index (χ0n) is 15.7. The highest BCUT2D eigenvalue weighted by atomic mass is 35.5. The van der Waals surface area contributed by atoms with E-state index in [1.807, 2.05) is 54.6 Å². The van der Waals surface area contributed by atoms with Crippen molar-refractivity contribution < 1.29 is 14.3 Å². The van der Waals surface area contributed by atoms with Crippen LogP contribution in [0.4, 0.5) is 5.69 Å². The summed E-state index contributed by atoms with van der Waals surface area (Å²) in [6.45, 7) is 0. The quantitative estimate of drug-likeness (QED) is 0.340. The molecule has 1 heterocycles. The van der Waals surface area contributed by atoms with Crippen LogP contribution in [0.25, 0.3) is 21.2 Å². The van der Waals surface area contributed by atoms with Crippen LogP contribution in [-0.4, -0.2) is 19.0 Å². The summed E-state index contributed by atoms with van der Waals surface area (Å²) >= 11 is 14.1. The molecule has 4 aromatic rings. The highest BCUT2D eigenvalue weighted by Gasteiger charge is 2.21. The predicted octanol–water partition coefficient (Wildman–Crippen LogP) is 6.91. The Bertz CT molecular complexity index is 1270. The van der Waals surface area contributed by atoms with E-state index in [1.54, 1.807) is 12.1 Å². The number of carbonyl (C=O) groups is 2. The fourth-order valence-corrected chi connectivity index (χ4v) is 4.79. The lowest BCUT2D eigenvalue weighted by Crippen LogP contribution is -2.12. The third kappa shape index (κ3) is 3.79. The van der Waals surface area contributed by atoms with Gasteiger partial charge in [0.25, 0.3) is 5.91 Å². The van der Waals surface area contributed by atoms with E-state index in [9.17, 15) is 9.59 Å². The second-order valence-electron chi connectivity index (χ2n) is 6.43. The number of hydrogen-bond donors (Lipinski definition) is 1. The molecule has 1 amide bonds. The largest absolute Gasteiger partial charge is 0.465 e. The van der Waals surface area contributed by atoms with Crippen LogP contribution in [0.1, 0.15) is 20.0 Å². The van der Waals surface area contributed by atoms with Crippen LogP contribution < -0.4 is 5.32 Å². The number of anilines is 1. The summed E-state index contributed by atoms with van der Waals surface area (Å²) in [5, 5.41) is 4.32. The van der Waals surface area contributed by atoms with Gasteiger partial charge in [0, 0.05) is 15.6 Å². The molecule has 0 bridgehead atoms. The Kier molecular flexibility index (Phi) is 5.77. The van der Waals surface area contributed by atoms with Crippen LogP contribution in [0.3, 0.4) is 0 Å². The van der Waals surface area contributed by atoms with E-state index in [-0.39, 0.29) is 16.5 Å². The third-order valence-electron chi connectivity index (χ3n) is 4.59. The molecule has 0 fully saturated rings. The number of hydrogen-bond acceptors (Lipinski definition) is 4. The van der Waals surface area contributed by atoms with E-state index in [2.05, 4.69) is 5.32 Å². The molecule has 0 aliphatic rings. The molecule has 0 spiro atoms. The van der Waals surface area contributed by atoms with E-state index in [0.717, 1.165) is 15.6 Å². The van der Waals surface area contributed by atoms with Crippen molar-refractivity contribution in [1.29, 1.82) is 0 Å². The summed E-state index contributed by atoms with van der Waals surface area (Å²) in [5.74, 6) is -0.900. The van der Waals surface area contributed by atoms with Crippen molar-refractivity contribution in [2.75, 3.05) is 12.4 Å². The van der Waals surface area contributed by atoms with Gasteiger partial charge in [-0.2, -0.15) is 0 Å². The molecule has 4 nitrogen and oxygen atoms in total. The molecule has 7 heteroatoms. The van der Waals surface area contributed by atoms with Gasteiger partial charge in [0.1, 0.15) is 4.88 Å². The Balaban J connectivity index is 1.79. The van der Waals surface area contributed by atoms with Crippen LogP contribution in [0.15, 0.2) is 66.7 Å². The zero-order valence-corrected chi connectivity index (χ0v) is 18.1. The Morgan fingerprint density at radius 3 is 2.37 bits per heavy atom. The fraction of sp³-hybridized carbons (Fsp3) is 0.0435. The van der Waals surface area contributed by atoms with Crippen molar-refractivity contribution in [1.82, 2.24) is 0 Å². The van der Waals surface area contributed by atoms with E-state index >= 15 is 0 Å². The summed E-state index contributed by atoms with van der Waals surface area (Å²) in [4.78, 5) is 25.6. The highest BCUT2D eigenvalue weighted by Crippen LogP contribution is 2.38. The number of fused-ring (bicyclic) bond motifs is 1. The van der Waals surface area contributed by atoms with Gasteiger partial charge in [0.2, 0.25) is 0 Å². The molecular formula is C23H15Cl2NO3S. The second-order valence-corrected chi connectivity index (χ2v) is 8.27. The van der Waals surface area contributed by atoms with Crippen molar-refractivity contribution in [3.63, 3.8) is 0 Å². The van der Waals surface area contributed by atoms with Gasteiger partial charge in [0.15, 0.2) is 0 Å². The van der Waals surface area contributed by atoms with Crippen LogP contribution in [0, 0.1) is 0 Å². The maximum Gasteiger partial charge on any atom is 0.339 e. The fourth-order valence-electron chi connectivity index (χ4n) is 3.14. The number of thiophene rings is 1. The van der Waals surface area contributed by atoms with Crippen molar-refractivity contribution in [3.05, 3.63) is 87.2 Å². The Hall–Kier alpha value is -2.86. The normalized spacial score (nSPS) is 10.8. The maximum absolute atomic E-state index is 13.1. The van der Waals surface area contributed by atoms with Crippen LogP contribution in [0.2, 0.25) is 10.0 Å². The number of amides is 1. The molecule has 0 unspecified atom stereocenters. The van der Waals surface area contributed by atoms with Crippen molar-refractivity contribution in [3.8, 4) is 11.1 Å². The van der Waals surface area contributed by atoms with Crippen molar-refractivity contribution in [2.24, 2.45) is 0 Å². The first-order chi connectivity index (χ1) is 14.5. The van der Waals surface area contributed by atoms with Gasteiger partial charge in [-0.1, -0.05) is 71.7 Å². The topological polar surface area (TPSA) is 55.4 Å². The molecule has 1 aromatic heterocycles. The van der Waals surface area contributed by atoms with E-state index in [4.69, 9.17) is 27.9 Å². The summed E-state index contributed by atoms with van der Waals surface area (Å²) < 4.78 is 5.75. The monoisotopic (exact) mass is 455 g/mol. The molecule has 0 atom stereocenters. The van der Waals surface area contributed by atoms with Gasteiger partial charge in [-0.3, -0.25) is 4.79 Å². The summed E-state index contributed by atoms with van der Waals surface area (Å²) in [6, 6.07) is 20.1. The number of carbonyl (C=O) groups excluding carboxylic acids is 2. The maximum atomic E-state index is 13.1. The van der Waals surface area contributed by atoms with Crippen molar-refractivity contribution >= 4 is 62.2 Å². The summed E-state index contributed by atoms with van der Waals surface area (Å²) in [5.41, 5.74) is 2.15. The smallest absolute Gasteiger partial charge is 0.339 e. The van der Waals surface area contributed by atoms with Gasteiger partial charge in [-0.05, 0) is 23.8 Å². The number of methoxy groups -OCH3 is 1. The van der Waals surface area contributed by atoms with Crippen LogP contribution in [-0.2, 0) is 4.74 Å². The minimum absolute atomic E-state index is 0.180. The number of ether oxygens (including phenoxy) is 1. The SMILES string of the molecule is COC(=O)c1cc(-c2ccccc2)c(NC(=O)c2sc3ccccc3c2Cl)cc1Cl. The standard InChI is InChI=1S/C23H15Cl2NO3S/c1-29-23(28)16-11-15(13-7-3-2-4-8-13)18(12-17(16)24)26-22(27)21-20(25)14-9-5-6-10-19(14)30-21/h2-12H,1H3,(H,26,27). The molecule has 1 N–H and O–H groups in total. The van der Waals surface area contributed by atoms with Crippen LogP contribution >= 0.6 is 34.5 Å². The van der Waals surface area contributed by atoms with Gasteiger partial charge in [-0.25, -0.2) is 4.79 Å². The number of benzene rings is 3. The molecule has 0 saturated carbocycles. The highest BCUT2D eigenvalue weighted by molar-refractivity contribution is 7.21. The minimum Gasteiger partial charge on any atom is -0.465 e. The van der Waals surface area contributed by atoms with E-state index < -0.39 is 5.97 Å². The second kappa shape index (κ2) is 8.48. The van der Waals surface area contributed by atoms with Crippen molar-refractivity contribution in [2.45, 2.75) is 0 Å². The summed E-state index contributed by atoms with van der Waals surface area (Å²) in [6.07, 6.45) is 0. The van der Waals surface area contributed by atoms with Gasteiger partial charge < -0.3 is 10.1 Å².